The maximum Gasteiger partial charge on any atom is 0.273 e. The molecule has 0 amide bonds. The zero-order valence-corrected chi connectivity index (χ0v) is 11.6. The summed E-state index contributed by atoms with van der Waals surface area (Å²) in [5, 5.41) is 0.800. The van der Waals surface area contributed by atoms with Crippen molar-refractivity contribution in [2.24, 2.45) is 5.73 Å². The van der Waals surface area contributed by atoms with Crippen molar-refractivity contribution in [2.75, 3.05) is 12.3 Å². The molecule has 0 saturated carbocycles. The molecule has 108 valence electrons. The summed E-state index contributed by atoms with van der Waals surface area (Å²) < 4.78 is 2.98. The lowest BCUT2D eigenvalue weighted by Crippen LogP contribution is -2.38. The van der Waals surface area contributed by atoms with Gasteiger partial charge in [-0.1, -0.05) is 0 Å². The van der Waals surface area contributed by atoms with Crippen LogP contribution in [0.3, 0.4) is 0 Å². The Balaban J connectivity index is 2.69. The fourth-order valence-corrected chi connectivity index (χ4v) is 2.37. The van der Waals surface area contributed by atoms with Crippen LogP contribution in [0, 0.1) is 0 Å². The van der Waals surface area contributed by atoms with E-state index in [1.54, 1.807) is 18.2 Å². The molecule has 1 heterocycles. The summed E-state index contributed by atoms with van der Waals surface area (Å²) in [5.41, 5.74) is 11.3. The average Bonchev–Trinajstić information content (AvgIpc) is 2.44. The molecule has 0 spiro atoms. The second-order valence-electron chi connectivity index (χ2n) is 4.75. The number of fused-ring (bicyclic) bond motifs is 1. The van der Waals surface area contributed by atoms with Crippen molar-refractivity contribution in [2.45, 2.75) is 32.9 Å². The number of nitrogens with zero attached hydrogens (tertiary/aromatic N) is 2. The molecule has 0 aliphatic rings. The van der Waals surface area contributed by atoms with E-state index in [1.807, 2.05) is 6.92 Å². The van der Waals surface area contributed by atoms with Crippen molar-refractivity contribution in [3.05, 3.63) is 38.9 Å². The molecule has 6 nitrogen and oxygen atoms in total. The summed E-state index contributed by atoms with van der Waals surface area (Å²) in [6, 6.07) is 4.82. The SMILES string of the molecule is CCn1c(=O)c2ccc(N)cc2c(=O)n1CCCCN. The van der Waals surface area contributed by atoms with Crippen LogP contribution in [0.4, 0.5) is 5.69 Å². The third-order valence-electron chi connectivity index (χ3n) is 3.39. The molecule has 1 aromatic heterocycles. The van der Waals surface area contributed by atoms with E-state index in [4.69, 9.17) is 11.5 Å². The molecule has 0 unspecified atom stereocenters. The Kier molecular flexibility index (Phi) is 4.24. The average molecular weight is 276 g/mol. The molecule has 0 atom stereocenters. The van der Waals surface area contributed by atoms with Gasteiger partial charge in [0.2, 0.25) is 0 Å². The lowest BCUT2D eigenvalue weighted by atomic mass is 10.1. The first-order valence-corrected chi connectivity index (χ1v) is 6.83. The van der Waals surface area contributed by atoms with Crippen molar-refractivity contribution in [3.8, 4) is 0 Å². The third kappa shape index (κ3) is 2.46. The molecule has 4 N–H and O–H groups in total. The molecule has 20 heavy (non-hydrogen) atoms. The minimum Gasteiger partial charge on any atom is -0.399 e. The molecule has 2 aromatic rings. The molecule has 0 radical (unpaired) electrons. The van der Waals surface area contributed by atoms with Crippen LogP contribution in [0.15, 0.2) is 27.8 Å². The smallest absolute Gasteiger partial charge is 0.273 e. The van der Waals surface area contributed by atoms with Crippen LogP contribution in [0.2, 0.25) is 0 Å². The van der Waals surface area contributed by atoms with Gasteiger partial charge in [-0.2, -0.15) is 0 Å². The molecular formula is C14H20N4O2. The molecule has 2 rings (SSSR count). The van der Waals surface area contributed by atoms with Crippen LogP contribution < -0.4 is 22.6 Å². The van der Waals surface area contributed by atoms with Gasteiger partial charge in [-0.3, -0.25) is 9.59 Å². The van der Waals surface area contributed by atoms with Crippen molar-refractivity contribution in [1.29, 1.82) is 0 Å². The maximum atomic E-state index is 12.5. The van der Waals surface area contributed by atoms with Crippen LogP contribution >= 0.6 is 0 Å². The first-order chi connectivity index (χ1) is 9.60. The number of benzene rings is 1. The molecule has 1 aromatic carbocycles. The Bertz CT molecular complexity index is 730. The van der Waals surface area contributed by atoms with Crippen LogP contribution in [0.25, 0.3) is 10.8 Å². The zero-order valence-electron chi connectivity index (χ0n) is 11.6. The Morgan fingerprint density at radius 1 is 1.05 bits per heavy atom. The fourth-order valence-electron chi connectivity index (χ4n) is 2.37. The Morgan fingerprint density at radius 3 is 2.40 bits per heavy atom. The Hall–Kier alpha value is -2.08. The molecule has 0 fully saturated rings. The van der Waals surface area contributed by atoms with Gasteiger partial charge in [-0.05, 0) is 44.5 Å². The number of aromatic nitrogens is 2. The lowest BCUT2D eigenvalue weighted by Gasteiger charge is -2.15. The second kappa shape index (κ2) is 5.92. The highest BCUT2D eigenvalue weighted by molar-refractivity contribution is 5.83. The lowest BCUT2D eigenvalue weighted by molar-refractivity contribution is 0.418. The van der Waals surface area contributed by atoms with Gasteiger partial charge in [0, 0.05) is 18.8 Å². The predicted molar refractivity (Wildman–Crippen MR) is 80.8 cm³/mol. The number of nitrogen functional groups attached to an aromatic ring is 1. The van der Waals surface area contributed by atoms with Gasteiger partial charge in [-0.25, -0.2) is 9.36 Å². The summed E-state index contributed by atoms with van der Waals surface area (Å²) in [6.07, 6.45) is 1.59. The van der Waals surface area contributed by atoms with E-state index in [-0.39, 0.29) is 11.1 Å². The van der Waals surface area contributed by atoms with Gasteiger partial charge in [-0.15, -0.1) is 0 Å². The molecule has 0 bridgehead atoms. The van der Waals surface area contributed by atoms with Crippen molar-refractivity contribution >= 4 is 16.5 Å². The van der Waals surface area contributed by atoms with Gasteiger partial charge in [0.1, 0.15) is 0 Å². The Morgan fingerprint density at radius 2 is 1.75 bits per heavy atom. The van der Waals surface area contributed by atoms with E-state index in [1.165, 1.54) is 9.36 Å². The molecule has 0 aliphatic carbocycles. The normalized spacial score (nSPS) is 11.1. The topological polar surface area (TPSA) is 96.0 Å². The highest BCUT2D eigenvalue weighted by Gasteiger charge is 2.11. The van der Waals surface area contributed by atoms with Gasteiger partial charge in [0.25, 0.3) is 11.1 Å². The van der Waals surface area contributed by atoms with Gasteiger partial charge >= 0.3 is 0 Å². The zero-order chi connectivity index (χ0) is 14.7. The van der Waals surface area contributed by atoms with Crippen molar-refractivity contribution < 1.29 is 0 Å². The van der Waals surface area contributed by atoms with E-state index < -0.39 is 0 Å². The summed E-state index contributed by atoms with van der Waals surface area (Å²) in [7, 11) is 0. The van der Waals surface area contributed by atoms with E-state index in [2.05, 4.69) is 0 Å². The first-order valence-electron chi connectivity index (χ1n) is 6.83. The highest BCUT2D eigenvalue weighted by Crippen LogP contribution is 2.10. The second-order valence-corrected chi connectivity index (χ2v) is 4.75. The van der Waals surface area contributed by atoms with E-state index in [0.29, 0.717) is 36.1 Å². The van der Waals surface area contributed by atoms with E-state index in [9.17, 15) is 9.59 Å². The molecule has 0 saturated heterocycles. The maximum absolute atomic E-state index is 12.5. The fraction of sp³-hybridized carbons (Fsp3) is 0.429. The number of rotatable bonds is 5. The molecule has 0 aliphatic heterocycles. The number of anilines is 1. The van der Waals surface area contributed by atoms with Crippen LogP contribution in [0.1, 0.15) is 19.8 Å². The number of unbranched alkanes of at least 4 members (excludes halogenated alkanes) is 1. The van der Waals surface area contributed by atoms with Crippen LogP contribution in [-0.2, 0) is 13.1 Å². The number of nitrogens with two attached hydrogens (primary N) is 2. The monoisotopic (exact) mass is 276 g/mol. The quantitative estimate of drug-likeness (QED) is 0.614. The van der Waals surface area contributed by atoms with E-state index >= 15 is 0 Å². The van der Waals surface area contributed by atoms with Crippen molar-refractivity contribution in [3.63, 3.8) is 0 Å². The third-order valence-corrected chi connectivity index (χ3v) is 3.39. The summed E-state index contributed by atoms with van der Waals surface area (Å²) >= 11 is 0. The first kappa shape index (κ1) is 14.3. The summed E-state index contributed by atoms with van der Waals surface area (Å²) in [6.45, 7) is 3.37. The number of hydrogen-bond acceptors (Lipinski definition) is 4. The van der Waals surface area contributed by atoms with Gasteiger partial charge in [0.05, 0.1) is 10.8 Å². The van der Waals surface area contributed by atoms with Gasteiger partial charge in [0.15, 0.2) is 0 Å². The summed E-state index contributed by atoms with van der Waals surface area (Å²) in [5.74, 6) is 0. The molecular weight excluding hydrogens is 256 g/mol. The number of hydrogen-bond donors (Lipinski definition) is 2. The van der Waals surface area contributed by atoms with Crippen molar-refractivity contribution in [1.82, 2.24) is 9.36 Å². The predicted octanol–water partition coefficient (Wildman–Crippen LogP) is 0.504. The van der Waals surface area contributed by atoms with Crippen LogP contribution in [-0.4, -0.2) is 15.9 Å². The van der Waals surface area contributed by atoms with E-state index in [0.717, 1.165) is 12.8 Å². The van der Waals surface area contributed by atoms with Crippen LogP contribution in [0.5, 0.6) is 0 Å². The minimum atomic E-state index is -0.175. The Labute approximate surface area is 116 Å². The largest absolute Gasteiger partial charge is 0.399 e. The summed E-state index contributed by atoms with van der Waals surface area (Å²) in [4.78, 5) is 24.9. The highest BCUT2D eigenvalue weighted by atomic mass is 16.2. The molecule has 6 heteroatoms. The standard InChI is InChI=1S/C14H20N4O2/c1-2-17-13(19)11-6-5-10(16)9-12(11)14(20)18(17)8-4-3-7-15/h5-6,9H,2-4,7-8,15-16H2,1H3. The minimum absolute atomic E-state index is 0.158. The van der Waals surface area contributed by atoms with Gasteiger partial charge < -0.3 is 11.5 Å².